The molecule has 1 aromatic carbocycles. The van der Waals surface area contributed by atoms with Gasteiger partial charge in [0.1, 0.15) is 5.75 Å². The van der Waals surface area contributed by atoms with Gasteiger partial charge in [0, 0.05) is 6.04 Å². The van der Waals surface area contributed by atoms with Crippen LogP contribution in [0.4, 0.5) is 0 Å². The van der Waals surface area contributed by atoms with Gasteiger partial charge in [-0.25, -0.2) is 0 Å². The number of rotatable bonds is 9. The molecule has 1 aromatic rings. The van der Waals surface area contributed by atoms with Crippen LogP contribution in [-0.2, 0) is 0 Å². The smallest absolute Gasteiger partial charge is 0.119 e. The molecule has 102 valence electrons. The molecule has 0 saturated carbocycles. The van der Waals surface area contributed by atoms with Crippen molar-refractivity contribution in [1.29, 1.82) is 0 Å². The molecule has 0 aromatic heterocycles. The highest BCUT2D eigenvalue weighted by molar-refractivity contribution is 5.28. The molecule has 0 aliphatic carbocycles. The second kappa shape index (κ2) is 8.98. The van der Waals surface area contributed by atoms with E-state index in [1.165, 1.54) is 24.8 Å². The SMILES string of the molecule is CCCCN[C@@H](C)c1ccc(OCCCC)cc1. The minimum Gasteiger partial charge on any atom is -0.494 e. The first-order valence-corrected chi connectivity index (χ1v) is 7.24. The summed E-state index contributed by atoms with van der Waals surface area (Å²) in [5.74, 6) is 0.980. The summed E-state index contributed by atoms with van der Waals surface area (Å²) in [4.78, 5) is 0. The van der Waals surface area contributed by atoms with Crippen molar-refractivity contribution in [1.82, 2.24) is 5.32 Å². The molecule has 0 aliphatic rings. The van der Waals surface area contributed by atoms with E-state index < -0.39 is 0 Å². The number of benzene rings is 1. The van der Waals surface area contributed by atoms with Gasteiger partial charge in [0.2, 0.25) is 0 Å². The van der Waals surface area contributed by atoms with Gasteiger partial charge in [-0.05, 0) is 44.0 Å². The first-order valence-electron chi connectivity index (χ1n) is 7.24. The largest absolute Gasteiger partial charge is 0.494 e. The van der Waals surface area contributed by atoms with Crippen molar-refractivity contribution in [2.75, 3.05) is 13.2 Å². The fraction of sp³-hybridized carbons (Fsp3) is 0.625. The monoisotopic (exact) mass is 249 g/mol. The van der Waals surface area contributed by atoms with Crippen molar-refractivity contribution in [3.63, 3.8) is 0 Å². The number of ether oxygens (including phenoxy) is 1. The zero-order chi connectivity index (χ0) is 13.2. The van der Waals surface area contributed by atoms with E-state index in [9.17, 15) is 0 Å². The van der Waals surface area contributed by atoms with E-state index in [0.29, 0.717) is 6.04 Å². The Morgan fingerprint density at radius 2 is 1.72 bits per heavy atom. The maximum atomic E-state index is 5.66. The lowest BCUT2D eigenvalue weighted by atomic mass is 10.1. The molecular weight excluding hydrogens is 222 g/mol. The average molecular weight is 249 g/mol. The van der Waals surface area contributed by atoms with Crippen LogP contribution in [0.3, 0.4) is 0 Å². The molecule has 2 nitrogen and oxygen atoms in total. The number of unbranched alkanes of at least 4 members (excludes halogenated alkanes) is 2. The van der Waals surface area contributed by atoms with Crippen molar-refractivity contribution < 1.29 is 4.74 Å². The highest BCUT2D eigenvalue weighted by Crippen LogP contribution is 2.17. The summed E-state index contributed by atoms with van der Waals surface area (Å²) in [5, 5.41) is 3.53. The molecular formula is C16H27NO. The lowest BCUT2D eigenvalue weighted by Crippen LogP contribution is -2.19. The van der Waals surface area contributed by atoms with E-state index in [1.807, 2.05) is 0 Å². The van der Waals surface area contributed by atoms with Crippen LogP contribution >= 0.6 is 0 Å². The Hall–Kier alpha value is -1.02. The third-order valence-electron chi connectivity index (χ3n) is 3.13. The van der Waals surface area contributed by atoms with Gasteiger partial charge in [-0.3, -0.25) is 0 Å². The Morgan fingerprint density at radius 1 is 1.06 bits per heavy atom. The van der Waals surface area contributed by atoms with Gasteiger partial charge >= 0.3 is 0 Å². The summed E-state index contributed by atoms with van der Waals surface area (Å²) in [5.41, 5.74) is 1.33. The van der Waals surface area contributed by atoms with Gasteiger partial charge in [-0.15, -0.1) is 0 Å². The van der Waals surface area contributed by atoms with E-state index in [0.717, 1.165) is 25.3 Å². The lowest BCUT2D eigenvalue weighted by molar-refractivity contribution is 0.309. The molecule has 0 fully saturated rings. The van der Waals surface area contributed by atoms with Crippen molar-refractivity contribution in [2.45, 2.75) is 52.5 Å². The summed E-state index contributed by atoms with van der Waals surface area (Å²) in [6, 6.07) is 8.88. The Kier molecular flexibility index (Phi) is 7.51. The third kappa shape index (κ3) is 5.54. The van der Waals surface area contributed by atoms with Crippen LogP contribution in [0, 0.1) is 0 Å². The second-order valence-electron chi connectivity index (χ2n) is 4.80. The van der Waals surface area contributed by atoms with Crippen LogP contribution in [0.25, 0.3) is 0 Å². The molecule has 0 amide bonds. The molecule has 0 spiro atoms. The zero-order valence-electron chi connectivity index (χ0n) is 12.0. The van der Waals surface area contributed by atoms with E-state index in [-0.39, 0.29) is 0 Å². The highest BCUT2D eigenvalue weighted by Gasteiger charge is 2.04. The molecule has 1 atom stereocenters. The quantitative estimate of drug-likeness (QED) is 0.658. The topological polar surface area (TPSA) is 21.3 Å². The van der Waals surface area contributed by atoms with Crippen molar-refractivity contribution in [3.8, 4) is 5.75 Å². The van der Waals surface area contributed by atoms with Gasteiger partial charge < -0.3 is 10.1 Å². The summed E-state index contributed by atoms with van der Waals surface area (Å²) >= 11 is 0. The molecule has 0 saturated heterocycles. The molecule has 0 unspecified atom stereocenters. The Morgan fingerprint density at radius 3 is 2.33 bits per heavy atom. The average Bonchev–Trinajstić information content (AvgIpc) is 2.40. The summed E-state index contributed by atoms with van der Waals surface area (Å²) in [6.07, 6.45) is 4.78. The Balaban J connectivity index is 2.38. The first kappa shape index (κ1) is 15.0. The predicted molar refractivity (Wildman–Crippen MR) is 78.2 cm³/mol. The molecule has 1 rings (SSSR count). The first-order chi connectivity index (χ1) is 8.77. The lowest BCUT2D eigenvalue weighted by Gasteiger charge is -2.14. The van der Waals surface area contributed by atoms with Crippen LogP contribution in [0.2, 0.25) is 0 Å². The standard InChI is InChI=1S/C16H27NO/c1-4-6-12-17-14(3)15-8-10-16(11-9-15)18-13-7-5-2/h8-11,14,17H,4-7,12-13H2,1-3H3/t14-/m0/s1. The van der Waals surface area contributed by atoms with E-state index in [1.54, 1.807) is 0 Å². The minimum absolute atomic E-state index is 0.418. The van der Waals surface area contributed by atoms with Gasteiger partial charge in [0.05, 0.1) is 6.61 Å². The number of nitrogens with one attached hydrogen (secondary N) is 1. The van der Waals surface area contributed by atoms with Crippen molar-refractivity contribution in [2.24, 2.45) is 0 Å². The summed E-state index contributed by atoms with van der Waals surface area (Å²) in [7, 11) is 0. The van der Waals surface area contributed by atoms with E-state index >= 15 is 0 Å². The molecule has 0 radical (unpaired) electrons. The molecule has 2 heteroatoms. The van der Waals surface area contributed by atoms with Gasteiger partial charge in [-0.2, -0.15) is 0 Å². The van der Waals surface area contributed by atoms with Crippen molar-refractivity contribution in [3.05, 3.63) is 29.8 Å². The van der Waals surface area contributed by atoms with Crippen LogP contribution in [0.15, 0.2) is 24.3 Å². The van der Waals surface area contributed by atoms with E-state index in [4.69, 9.17) is 4.74 Å². The fourth-order valence-electron chi connectivity index (χ4n) is 1.80. The minimum atomic E-state index is 0.418. The van der Waals surface area contributed by atoms with Crippen LogP contribution in [0.5, 0.6) is 5.75 Å². The van der Waals surface area contributed by atoms with Crippen LogP contribution in [-0.4, -0.2) is 13.2 Å². The molecule has 0 bridgehead atoms. The summed E-state index contributed by atoms with van der Waals surface area (Å²) < 4.78 is 5.66. The van der Waals surface area contributed by atoms with Gasteiger partial charge in [0.15, 0.2) is 0 Å². The second-order valence-corrected chi connectivity index (χ2v) is 4.80. The van der Waals surface area contributed by atoms with Crippen LogP contribution < -0.4 is 10.1 Å². The summed E-state index contributed by atoms with van der Waals surface area (Å²) in [6.45, 7) is 8.51. The van der Waals surface area contributed by atoms with Crippen molar-refractivity contribution >= 4 is 0 Å². The Bertz CT molecular complexity index is 307. The Labute approximate surface area is 112 Å². The normalized spacial score (nSPS) is 12.4. The van der Waals surface area contributed by atoms with Crippen LogP contribution in [0.1, 0.15) is 58.1 Å². The zero-order valence-corrected chi connectivity index (χ0v) is 12.0. The number of hydrogen-bond acceptors (Lipinski definition) is 2. The van der Waals surface area contributed by atoms with Gasteiger partial charge in [0.25, 0.3) is 0 Å². The molecule has 0 heterocycles. The predicted octanol–water partition coefficient (Wildman–Crippen LogP) is 4.32. The maximum Gasteiger partial charge on any atom is 0.119 e. The fourth-order valence-corrected chi connectivity index (χ4v) is 1.80. The molecule has 0 aliphatic heterocycles. The van der Waals surface area contributed by atoms with E-state index in [2.05, 4.69) is 50.4 Å². The highest BCUT2D eigenvalue weighted by atomic mass is 16.5. The maximum absolute atomic E-state index is 5.66. The molecule has 18 heavy (non-hydrogen) atoms. The number of hydrogen-bond donors (Lipinski definition) is 1. The third-order valence-corrected chi connectivity index (χ3v) is 3.13. The molecule has 1 N–H and O–H groups in total. The van der Waals surface area contributed by atoms with Gasteiger partial charge in [-0.1, -0.05) is 38.8 Å².